The first kappa shape index (κ1) is 20.2. The normalized spacial score (nSPS) is 12.8. The summed E-state index contributed by atoms with van der Waals surface area (Å²) in [6.45, 7) is 8.24. The Hall–Kier alpha value is -2.50. The van der Waals surface area contributed by atoms with Crippen molar-refractivity contribution in [1.82, 2.24) is 0 Å². The van der Waals surface area contributed by atoms with Gasteiger partial charge in [0, 0.05) is 5.33 Å². The largest absolute Gasteiger partial charge is 0.282 e. The van der Waals surface area contributed by atoms with Crippen molar-refractivity contribution in [2.24, 2.45) is 4.40 Å². The summed E-state index contributed by atoms with van der Waals surface area (Å²) in [5, 5.41) is 1.83. The molecule has 144 valence electrons. The van der Waals surface area contributed by atoms with Crippen molar-refractivity contribution in [3.05, 3.63) is 95.6 Å². The zero-order valence-corrected chi connectivity index (χ0v) is 18.5. The zero-order chi connectivity index (χ0) is 20.4. The first-order valence-corrected chi connectivity index (χ1v) is 13.7. The van der Waals surface area contributed by atoms with E-state index in [4.69, 9.17) is 0 Å². The van der Waals surface area contributed by atoms with Gasteiger partial charge in [0.2, 0.25) is 0 Å². The van der Waals surface area contributed by atoms with Crippen LogP contribution in [0, 0.1) is 13.8 Å². The number of nitrogens with zero attached hydrogens (tertiary/aromatic N) is 1. The summed E-state index contributed by atoms with van der Waals surface area (Å²) in [4.78, 5) is 0.224. The van der Waals surface area contributed by atoms with Crippen LogP contribution in [-0.4, -0.2) is 21.8 Å². The average molecular weight is 408 g/mol. The number of hydrogen-bond donors (Lipinski definition) is 0. The van der Waals surface area contributed by atoms with E-state index < -0.39 is 18.1 Å². The maximum Gasteiger partial charge on any atom is 0.282 e. The van der Waals surface area contributed by atoms with Crippen LogP contribution in [0.2, 0.25) is 13.1 Å². The summed E-state index contributed by atoms with van der Waals surface area (Å²) < 4.78 is 30.7. The van der Waals surface area contributed by atoms with Crippen LogP contribution in [-0.2, 0) is 10.0 Å². The summed E-state index contributed by atoms with van der Waals surface area (Å²) in [5.74, 6) is 0. The van der Waals surface area contributed by atoms with Crippen molar-refractivity contribution in [2.45, 2.75) is 31.8 Å². The number of hydrogen-bond acceptors (Lipinski definition) is 2. The molecule has 0 unspecified atom stereocenters. The van der Waals surface area contributed by atoms with E-state index in [1.54, 1.807) is 24.3 Å². The molecule has 0 N–H and O–H groups in total. The third-order valence-electron chi connectivity index (χ3n) is 5.02. The van der Waals surface area contributed by atoms with Gasteiger partial charge in [0.25, 0.3) is 10.0 Å². The minimum atomic E-state index is -3.81. The minimum Gasteiger partial charge on any atom is -0.199 e. The quantitative estimate of drug-likeness (QED) is 0.457. The van der Waals surface area contributed by atoms with Crippen LogP contribution < -0.4 is 5.19 Å². The smallest absolute Gasteiger partial charge is 0.199 e. The zero-order valence-electron chi connectivity index (χ0n) is 16.7. The molecule has 0 radical (unpaired) electrons. The number of aryl methyl sites for hydroxylation is 2. The standard InChI is InChI=1S/C23H25NO2SSi/c1-18-14-16-20(17-15-18)27(25,26)24-23(22-13-9-8-10-19(22)2)28(3,4)21-11-6-5-7-12-21/h5-17H,1-4H3/b24-23+. The molecule has 0 aromatic heterocycles. The highest BCUT2D eigenvalue weighted by molar-refractivity contribution is 7.90. The van der Waals surface area contributed by atoms with Gasteiger partial charge in [0.05, 0.1) is 4.90 Å². The summed E-state index contributed by atoms with van der Waals surface area (Å²) >= 11 is 0. The maximum atomic E-state index is 13.2. The van der Waals surface area contributed by atoms with Crippen LogP contribution in [0.5, 0.6) is 0 Å². The second-order valence-electron chi connectivity index (χ2n) is 7.53. The van der Waals surface area contributed by atoms with E-state index >= 15 is 0 Å². The van der Waals surface area contributed by atoms with Crippen LogP contribution in [0.3, 0.4) is 0 Å². The Morgan fingerprint density at radius 2 is 1.36 bits per heavy atom. The van der Waals surface area contributed by atoms with Gasteiger partial charge in [-0.05, 0) is 37.1 Å². The Labute approximate surface area is 168 Å². The van der Waals surface area contributed by atoms with Crippen LogP contribution in [0.25, 0.3) is 0 Å². The Morgan fingerprint density at radius 1 is 0.786 bits per heavy atom. The van der Waals surface area contributed by atoms with Crippen LogP contribution in [0.1, 0.15) is 16.7 Å². The lowest BCUT2D eigenvalue weighted by Crippen LogP contribution is -2.50. The molecule has 28 heavy (non-hydrogen) atoms. The van der Waals surface area contributed by atoms with Crippen LogP contribution >= 0.6 is 0 Å². The van der Waals surface area contributed by atoms with Gasteiger partial charge < -0.3 is 0 Å². The fourth-order valence-corrected chi connectivity index (χ4v) is 7.66. The first-order chi connectivity index (χ1) is 13.2. The summed E-state index contributed by atoms with van der Waals surface area (Å²) in [6.07, 6.45) is 0. The molecule has 3 rings (SSSR count). The summed E-state index contributed by atoms with van der Waals surface area (Å²) in [5.41, 5.74) is 2.94. The second kappa shape index (κ2) is 7.85. The molecule has 0 saturated heterocycles. The lowest BCUT2D eigenvalue weighted by molar-refractivity contribution is 0.598. The Morgan fingerprint density at radius 3 is 1.96 bits per heavy atom. The molecule has 3 aromatic rings. The van der Waals surface area contributed by atoms with Gasteiger partial charge in [-0.2, -0.15) is 12.8 Å². The Balaban J connectivity index is 2.24. The Bertz CT molecular complexity index is 1100. The van der Waals surface area contributed by atoms with Crippen molar-refractivity contribution in [3.63, 3.8) is 0 Å². The average Bonchev–Trinajstić information content (AvgIpc) is 2.68. The molecule has 0 bridgehead atoms. The molecular weight excluding hydrogens is 382 g/mol. The SMILES string of the molecule is Cc1ccc(S(=O)(=O)/N=C(\c2ccccc2C)[Si](C)(C)c2ccccc2)cc1. The first-order valence-electron chi connectivity index (χ1n) is 9.25. The van der Waals surface area contributed by atoms with Crippen LogP contribution in [0.15, 0.2) is 88.2 Å². The highest BCUT2D eigenvalue weighted by Crippen LogP contribution is 2.22. The molecule has 0 aliphatic carbocycles. The van der Waals surface area contributed by atoms with E-state index in [-0.39, 0.29) is 4.90 Å². The topological polar surface area (TPSA) is 46.5 Å². The van der Waals surface area contributed by atoms with Gasteiger partial charge in [-0.25, -0.2) is 0 Å². The van der Waals surface area contributed by atoms with Crippen molar-refractivity contribution in [2.75, 3.05) is 0 Å². The number of sulfonamides is 1. The van der Waals surface area contributed by atoms with Crippen molar-refractivity contribution < 1.29 is 8.42 Å². The molecule has 0 fully saturated rings. The van der Waals surface area contributed by atoms with Crippen LogP contribution in [0.4, 0.5) is 0 Å². The molecule has 3 nitrogen and oxygen atoms in total. The predicted molar refractivity (Wildman–Crippen MR) is 120 cm³/mol. The molecule has 0 heterocycles. The number of benzene rings is 3. The molecule has 0 aliphatic rings. The van der Waals surface area contributed by atoms with Crippen molar-refractivity contribution in [3.8, 4) is 0 Å². The van der Waals surface area contributed by atoms with E-state index in [1.165, 1.54) is 0 Å². The summed E-state index contributed by atoms with van der Waals surface area (Å²) in [6, 6.07) is 24.8. The van der Waals surface area contributed by atoms with Crippen molar-refractivity contribution >= 4 is 28.6 Å². The lowest BCUT2D eigenvalue weighted by atomic mass is 10.1. The van der Waals surface area contributed by atoms with E-state index in [1.807, 2.05) is 56.3 Å². The van der Waals surface area contributed by atoms with Gasteiger partial charge in [0.15, 0.2) is 0 Å². The number of rotatable bonds is 5. The van der Waals surface area contributed by atoms with Gasteiger partial charge >= 0.3 is 0 Å². The molecule has 0 spiro atoms. The minimum absolute atomic E-state index is 0.224. The van der Waals surface area contributed by atoms with E-state index in [0.717, 1.165) is 21.9 Å². The second-order valence-corrected chi connectivity index (χ2v) is 13.4. The van der Waals surface area contributed by atoms with E-state index in [0.29, 0.717) is 5.33 Å². The van der Waals surface area contributed by atoms with E-state index in [2.05, 4.69) is 29.6 Å². The molecule has 0 saturated carbocycles. The molecular formula is C23H25NO2SSi. The van der Waals surface area contributed by atoms with Crippen molar-refractivity contribution in [1.29, 1.82) is 0 Å². The fourth-order valence-electron chi connectivity index (χ4n) is 3.21. The highest BCUT2D eigenvalue weighted by Gasteiger charge is 2.34. The maximum absolute atomic E-state index is 13.2. The third-order valence-corrected chi connectivity index (χ3v) is 9.81. The molecule has 0 atom stereocenters. The molecule has 3 aromatic carbocycles. The third kappa shape index (κ3) is 4.16. The van der Waals surface area contributed by atoms with E-state index in [9.17, 15) is 8.42 Å². The van der Waals surface area contributed by atoms with Gasteiger partial charge in [-0.15, -0.1) is 0 Å². The highest BCUT2D eigenvalue weighted by atomic mass is 32.2. The lowest BCUT2D eigenvalue weighted by Gasteiger charge is -2.26. The summed E-state index contributed by atoms with van der Waals surface area (Å²) in [7, 11) is -6.17. The van der Waals surface area contributed by atoms with Gasteiger partial charge in [-0.1, -0.05) is 90.6 Å². The fraction of sp³-hybridized carbons (Fsp3) is 0.174. The predicted octanol–water partition coefficient (Wildman–Crippen LogP) is 4.64. The Kier molecular flexibility index (Phi) is 5.68. The van der Waals surface area contributed by atoms with Gasteiger partial charge in [0.1, 0.15) is 8.07 Å². The molecule has 0 aliphatic heterocycles. The molecule has 0 amide bonds. The van der Waals surface area contributed by atoms with Gasteiger partial charge in [-0.3, -0.25) is 0 Å². The monoisotopic (exact) mass is 407 g/mol. The molecule has 5 heteroatoms.